The first-order valence-electron chi connectivity index (χ1n) is 12.5. The van der Waals surface area contributed by atoms with Crippen LogP contribution in [0.15, 0.2) is 23.9 Å². The summed E-state index contributed by atoms with van der Waals surface area (Å²) in [4.78, 5) is 23.7. The van der Waals surface area contributed by atoms with Gasteiger partial charge in [-0.2, -0.15) is 0 Å². The first kappa shape index (κ1) is 27.3. The highest BCUT2D eigenvalue weighted by Crippen LogP contribution is 2.59. The molecular weight excluding hydrogens is 502 g/mol. The maximum Gasteiger partial charge on any atom is 0.257 e. The molecule has 2 aromatic rings. The van der Waals surface area contributed by atoms with Gasteiger partial charge in [-0.1, -0.05) is 24.9 Å². The summed E-state index contributed by atoms with van der Waals surface area (Å²) in [5.74, 6) is -1.80. The second-order valence-electron chi connectivity index (χ2n) is 10.2. The number of Topliss-reactive ketones (excluding diaryl/α,β-unsaturated/α-hetero) is 1. The molecule has 2 fully saturated rings. The van der Waals surface area contributed by atoms with Crippen molar-refractivity contribution in [3.8, 4) is 17.1 Å². The molecule has 200 valence electrons. The maximum atomic E-state index is 14.3. The Balaban J connectivity index is 1.77. The summed E-state index contributed by atoms with van der Waals surface area (Å²) in [6.45, 7) is 7.23. The van der Waals surface area contributed by atoms with E-state index in [4.69, 9.17) is 27.1 Å². The topological polar surface area (TPSA) is 102 Å². The van der Waals surface area contributed by atoms with Gasteiger partial charge in [0.25, 0.3) is 5.92 Å². The molecule has 0 radical (unpaired) electrons. The summed E-state index contributed by atoms with van der Waals surface area (Å²) in [5.41, 5.74) is 6.97. The highest BCUT2D eigenvalue weighted by Gasteiger charge is 2.67. The molecule has 2 aliphatic rings. The molecule has 3 N–H and O–H groups in total. The fourth-order valence-corrected chi connectivity index (χ4v) is 5.28. The van der Waals surface area contributed by atoms with Crippen LogP contribution < -0.4 is 15.4 Å². The molecule has 10 heteroatoms. The fourth-order valence-electron chi connectivity index (χ4n) is 5.07. The third-order valence-electron chi connectivity index (χ3n) is 7.33. The highest BCUT2D eigenvalue weighted by molar-refractivity contribution is 6.33. The quantitative estimate of drug-likeness (QED) is 0.428. The van der Waals surface area contributed by atoms with E-state index >= 15 is 0 Å². The number of carbonyl (C=O) groups is 1. The Bertz CT molecular complexity index is 1240. The monoisotopic (exact) mass is 534 g/mol. The number of aromatic nitrogens is 2. The molecule has 1 spiro atoms. The van der Waals surface area contributed by atoms with Crippen LogP contribution in [0.2, 0.25) is 5.02 Å². The van der Waals surface area contributed by atoms with Crippen LogP contribution in [-0.2, 0) is 4.79 Å². The molecule has 1 aromatic carbocycles. The largest absolute Gasteiger partial charge is 0.491 e. The van der Waals surface area contributed by atoms with Crippen molar-refractivity contribution in [1.29, 1.82) is 0 Å². The maximum absolute atomic E-state index is 14.3. The van der Waals surface area contributed by atoms with Gasteiger partial charge in [-0.25, -0.2) is 18.7 Å². The van der Waals surface area contributed by atoms with Gasteiger partial charge < -0.3 is 20.5 Å². The number of halogens is 3. The van der Waals surface area contributed by atoms with E-state index in [1.165, 1.54) is 6.92 Å². The van der Waals surface area contributed by atoms with Gasteiger partial charge >= 0.3 is 0 Å². The lowest BCUT2D eigenvalue weighted by molar-refractivity contribution is -0.212. The predicted octanol–water partition coefficient (Wildman–Crippen LogP) is 5.16. The lowest BCUT2D eigenvalue weighted by Crippen LogP contribution is -2.70. The molecule has 0 bridgehead atoms. The number of benzene rings is 1. The molecule has 1 aromatic heterocycles. The van der Waals surface area contributed by atoms with E-state index in [1.54, 1.807) is 36.9 Å². The van der Waals surface area contributed by atoms with Crippen molar-refractivity contribution in [1.82, 2.24) is 9.97 Å². The smallest absolute Gasteiger partial charge is 0.257 e. The Labute approximate surface area is 220 Å². The number of ether oxygens (including phenoxy) is 1. The Morgan fingerprint density at radius 1 is 1.27 bits per heavy atom. The van der Waals surface area contributed by atoms with E-state index in [-0.39, 0.29) is 43.3 Å². The lowest BCUT2D eigenvalue weighted by atomic mass is 9.60. The van der Waals surface area contributed by atoms with Crippen LogP contribution in [0, 0.1) is 12.3 Å². The van der Waals surface area contributed by atoms with Crippen LogP contribution in [0.25, 0.3) is 17.0 Å². The van der Waals surface area contributed by atoms with Gasteiger partial charge in [0.2, 0.25) is 0 Å². The number of alkyl halides is 2. The zero-order valence-corrected chi connectivity index (χ0v) is 22.3. The Hall–Kier alpha value is -2.78. The summed E-state index contributed by atoms with van der Waals surface area (Å²) in [7, 11) is 0. The summed E-state index contributed by atoms with van der Waals surface area (Å²) in [6.07, 6.45) is 1.21. The number of aliphatic hydroxyl groups excluding tert-OH is 1. The van der Waals surface area contributed by atoms with E-state index in [2.05, 4.69) is 4.98 Å². The number of anilines is 1. The first-order valence-corrected chi connectivity index (χ1v) is 12.9. The standard InChI is InChI=1S/C27H33ClF2N4O3/c1-5-6-18(36)12-37-19-7-8-21(28)20(11-19)24-32-23(22(16(3)31)17(4)35)15(2)25(33-24)34-13-26(14-34)9-10-27(26,29)30/h7-8,11,18,36H,5-6,9-10,12-14,31H2,1-4H3/t18-/m1/s1. The minimum absolute atomic E-state index is 0.0982. The van der Waals surface area contributed by atoms with E-state index in [9.17, 15) is 18.7 Å². The summed E-state index contributed by atoms with van der Waals surface area (Å²) < 4.78 is 34.3. The van der Waals surface area contributed by atoms with Crippen molar-refractivity contribution >= 4 is 28.8 Å². The number of hydrogen-bond donors (Lipinski definition) is 2. The summed E-state index contributed by atoms with van der Waals surface area (Å²) >= 11 is 6.53. The van der Waals surface area contributed by atoms with Crippen LogP contribution in [0.5, 0.6) is 5.75 Å². The van der Waals surface area contributed by atoms with Gasteiger partial charge in [-0.05, 0) is 51.8 Å². The average molecular weight is 535 g/mol. The van der Waals surface area contributed by atoms with Crippen molar-refractivity contribution in [3.05, 3.63) is 40.2 Å². The molecule has 1 atom stereocenters. The van der Waals surface area contributed by atoms with Crippen molar-refractivity contribution in [2.75, 3.05) is 24.6 Å². The van der Waals surface area contributed by atoms with Gasteiger partial charge in [0.1, 0.15) is 18.2 Å². The second kappa shape index (κ2) is 10.2. The van der Waals surface area contributed by atoms with E-state index in [0.717, 1.165) is 6.42 Å². The Morgan fingerprint density at radius 2 is 1.97 bits per heavy atom. The number of rotatable bonds is 9. The highest BCUT2D eigenvalue weighted by atomic mass is 35.5. The number of allylic oxidation sites excluding steroid dienone is 2. The summed E-state index contributed by atoms with van der Waals surface area (Å²) in [6, 6.07) is 5.00. The average Bonchev–Trinajstić information content (AvgIpc) is 2.79. The van der Waals surface area contributed by atoms with Crippen LogP contribution >= 0.6 is 11.6 Å². The van der Waals surface area contributed by atoms with Gasteiger partial charge in [0.05, 0.1) is 27.8 Å². The number of ketones is 1. The molecule has 1 aliphatic carbocycles. The van der Waals surface area contributed by atoms with E-state index in [0.29, 0.717) is 51.9 Å². The number of carbonyl (C=O) groups excluding carboxylic acids is 1. The SMILES string of the molecule is CCC[C@@H](O)COc1ccc(Cl)c(-c2nc(C(C(C)=O)=C(C)N)c(C)c(N3CC4(CCC4(F)F)C3)n2)c1. The predicted molar refractivity (Wildman–Crippen MR) is 140 cm³/mol. The van der Waals surface area contributed by atoms with Crippen molar-refractivity contribution < 1.29 is 23.4 Å². The van der Waals surface area contributed by atoms with Gasteiger partial charge in [0, 0.05) is 36.3 Å². The van der Waals surface area contributed by atoms with Crippen LogP contribution in [0.3, 0.4) is 0 Å². The molecule has 2 heterocycles. The molecular formula is C27H33ClF2N4O3. The molecule has 0 amide bonds. The van der Waals surface area contributed by atoms with Crippen molar-refractivity contribution in [3.63, 3.8) is 0 Å². The van der Waals surface area contributed by atoms with Gasteiger partial charge in [0.15, 0.2) is 11.6 Å². The number of nitrogens with zero attached hydrogens (tertiary/aromatic N) is 3. The Kier molecular flexibility index (Phi) is 7.50. The first-order chi connectivity index (χ1) is 17.4. The van der Waals surface area contributed by atoms with Gasteiger partial charge in [-0.3, -0.25) is 4.79 Å². The van der Waals surface area contributed by atoms with E-state index in [1.807, 2.05) is 6.92 Å². The molecule has 0 unspecified atom stereocenters. The minimum Gasteiger partial charge on any atom is -0.491 e. The van der Waals surface area contributed by atoms with Gasteiger partial charge in [-0.15, -0.1) is 0 Å². The summed E-state index contributed by atoms with van der Waals surface area (Å²) in [5, 5.41) is 10.4. The molecule has 1 aliphatic heterocycles. The van der Waals surface area contributed by atoms with Crippen molar-refractivity contribution in [2.45, 2.75) is 65.4 Å². The molecule has 1 saturated carbocycles. The number of nitrogens with two attached hydrogens (primary N) is 1. The molecule has 37 heavy (non-hydrogen) atoms. The zero-order chi connectivity index (χ0) is 27.1. The number of aliphatic hydroxyl groups is 1. The molecule has 7 nitrogen and oxygen atoms in total. The number of hydrogen-bond acceptors (Lipinski definition) is 7. The normalized spacial score (nSPS) is 19.1. The van der Waals surface area contributed by atoms with Crippen LogP contribution in [0.4, 0.5) is 14.6 Å². The second-order valence-corrected chi connectivity index (χ2v) is 10.6. The third kappa shape index (κ3) is 5.03. The van der Waals surface area contributed by atoms with E-state index < -0.39 is 17.4 Å². The third-order valence-corrected chi connectivity index (χ3v) is 7.66. The molecule has 4 rings (SSSR count). The van der Waals surface area contributed by atoms with Crippen LogP contribution in [-0.4, -0.2) is 52.6 Å². The van der Waals surface area contributed by atoms with Crippen molar-refractivity contribution in [2.24, 2.45) is 11.1 Å². The fraction of sp³-hybridized carbons (Fsp3) is 0.519. The lowest BCUT2D eigenvalue weighted by Gasteiger charge is -2.60. The Morgan fingerprint density at radius 3 is 2.51 bits per heavy atom. The molecule has 1 saturated heterocycles. The zero-order valence-electron chi connectivity index (χ0n) is 21.6. The minimum atomic E-state index is -2.69. The van der Waals surface area contributed by atoms with Crippen LogP contribution in [0.1, 0.15) is 57.7 Å².